The molecule has 4 heteroatoms. The number of rotatable bonds is 5. The molecule has 1 unspecified atom stereocenters. The molecule has 0 fully saturated rings. The van der Waals surface area contributed by atoms with Crippen LogP contribution in [0.1, 0.15) is 41.1 Å². The fourth-order valence-electron chi connectivity index (χ4n) is 2.71. The average Bonchev–Trinajstić information content (AvgIpc) is 3.03. The molecule has 1 N–H and O–H groups in total. The molecule has 0 saturated carbocycles. The lowest BCUT2D eigenvalue weighted by Crippen LogP contribution is -2.07. The van der Waals surface area contributed by atoms with Crippen molar-refractivity contribution >= 4 is 11.3 Å². The summed E-state index contributed by atoms with van der Waals surface area (Å²) < 4.78 is 6.07. The van der Waals surface area contributed by atoms with Gasteiger partial charge in [0.25, 0.3) is 0 Å². The van der Waals surface area contributed by atoms with Crippen LogP contribution < -0.4 is 10.1 Å². The first kappa shape index (κ1) is 14.5. The first-order chi connectivity index (χ1) is 10.2. The van der Waals surface area contributed by atoms with Gasteiger partial charge in [-0.3, -0.25) is 0 Å². The van der Waals surface area contributed by atoms with Crippen LogP contribution in [0, 0.1) is 5.92 Å². The number of nitrogens with one attached hydrogen (secondary N) is 1. The van der Waals surface area contributed by atoms with Crippen LogP contribution in [0.15, 0.2) is 24.3 Å². The summed E-state index contributed by atoms with van der Waals surface area (Å²) in [7, 11) is 1.99. The van der Waals surface area contributed by atoms with Crippen molar-refractivity contribution in [3.63, 3.8) is 0 Å². The Labute approximate surface area is 130 Å². The standard InChI is InChI=1S/C17H22N2OS/c1-11(2)8-13-16(10-18-3)21-17(19-13)15-9-12-6-4-5-7-14(12)20-15/h4-7,11,15,18H,8-10H2,1-3H3. The van der Waals surface area contributed by atoms with Crippen molar-refractivity contribution < 1.29 is 4.74 Å². The summed E-state index contributed by atoms with van der Waals surface area (Å²) >= 11 is 1.80. The molecule has 112 valence electrons. The molecule has 0 saturated heterocycles. The van der Waals surface area contributed by atoms with Gasteiger partial charge in [-0.1, -0.05) is 32.0 Å². The molecule has 2 aromatic rings. The smallest absolute Gasteiger partial charge is 0.154 e. The Morgan fingerprint density at radius 2 is 2.19 bits per heavy atom. The van der Waals surface area contributed by atoms with E-state index in [0.717, 1.165) is 30.1 Å². The minimum Gasteiger partial charge on any atom is -0.483 e. The van der Waals surface area contributed by atoms with Crippen molar-refractivity contribution in [2.24, 2.45) is 5.92 Å². The lowest BCUT2D eigenvalue weighted by atomic mass is 10.1. The molecule has 1 aromatic carbocycles. The van der Waals surface area contributed by atoms with Gasteiger partial charge in [0.15, 0.2) is 6.10 Å². The maximum Gasteiger partial charge on any atom is 0.154 e. The third-order valence-corrected chi connectivity index (χ3v) is 4.85. The van der Waals surface area contributed by atoms with Crippen molar-refractivity contribution in [3.05, 3.63) is 45.4 Å². The van der Waals surface area contributed by atoms with E-state index in [9.17, 15) is 0 Å². The van der Waals surface area contributed by atoms with Crippen LogP contribution in [0.5, 0.6) is 5.75 Å². The van der Waals surface area contributed by atoms with E-state index in [2.05, 4.69) is 31.3 Å². The third kappa shape index (κ3) is 3.11. The fourth-order valence-corrected chi connectivity index (χ4v) is 3.84. The molecular weight excluding hydrogens is 280 g/mol. The molecule has 1 aromatic heterocycles. The number of para-hydroxylation sites is 1. The Morgan fingerprint density at radius 3 is 2.90 bits per heavy atom. The van der Waals surface area contributed by atoms with E-state index in [1.54, 1.807) is 11.3 Å². The topological polar surface area (TPSA) is 34.1 Å². The first-order valence-electron chi connectivity index (χ1n) is 7.55. The van der Waals surface area contributed by atoms with Crippen molar-refractivity contribution in [2.45, 2.75) is 39.3 Å². The van der Waals surface area contributed by atoms with Gasteiger partial charge >= 0.3 is 0 Å². The van der Waals surface area contributed by atoms with Gasteiger partial charge in [-0.05, 0) is 31.0 Å². The first-order valence-corrected chi connectivity index (χ1v) is 8.36. The number of fused-ring (bicyclic) bond motifs is 1. The molecule has 1 aliphatic heterocycles. The predicted octanol–water partition coefficient (Wildman–Crippen LogP) is 3.74. The Bertz CT molecular complexity index is 596. The maximum atomic E-state index is 6.07. The van der Waals surface area contributed by atoms with Crippen molar-refractivity contribution in [1.82, 2.24) is 10.3 Å². The Hall–Kier alpha value is -1.39. The number of aromatic nitrogens is 1. The van der Waals surface area contributed by atoms with Crippen LogP contribution in [0.2, 0.25) is 0 Å². The summed E-state index contributed by atoms with van der Waals surface area (Å²) in [6.45, 7) is 5.37. The van der Waals surface area contributed by atoms with E-state index in [1.165, 1.54) is 16.1 Å². The van der Waals surface area contributed by atoms with Crippen molar-refractivity contribution in [1.29, 1.82) is 0 Å². The third-order valence-electron chi connectivity index (χ3n) is 3.66. The molecule has 0 spiro atoms. The van der Waals surface area contributed by atoms with Crippen LogP contribution in [-0.2, 0) is 19.4 Å². The monoisotopic (exact) mass is 302 g/mol. The number of ether oxygens (including phenoxy) is 1. The minimum atomic E-state index is 0.0870. The number of thiazole rings is 1. The van der Waals surface area contributed by atoms with Crippen molar-refractivity contribution in [2.75, 3.05) is 7.05 Å². The number of hydrogen-bond acceptors (Lipinski definition) is 4. The van der Waals surface area contributed by atoms with Crippen LogP contribution >= 0.6 is 11.3 Å². The SMILES string of the molecule is CNCc1sc(C2Cc3ccccc3O2)nc1CC(C)C. The van der Waals surface area contributed by atoms with Crippen molar-refractivity contribution in [3.8, 4) is 5.75 Å². The molecule has 21 heavy (non-hydrogen) atoms. The average molecular weight is 302 g/mol. The highest BCUT2D eigenvalue weighted by Crippen LogP contribution is 2.38. The van der Waals surface area contributed by atoms with E-state index in [4.69, 9.17) is 9.72 Å². The van der Waals surface area contributed by atoms with E-state index in [-0.39, 0.29) is 6.10 Å². The molecule has 3 rings (SSSR count). The minimum absolute atomic E-state index is 0.0870. The van der Waals surface area contributed by atoms with Gasteiger partial charge < -0.3 is 10.1 Å². The summed E-state index contributed by atoms with van der Waals surface area (Å²) in [5.74, 6) is 1.63. The summed E-state index contributed by atoms with van der Waals surface area (Å²) in [6.07, 6.45) is 2.06. The number of benzene rings is 1. The summed E-state index contributed by atoms with van der Waals surface area (Å²) in [5.41, 5.74) is 2.53. The number of nitrogens with zero attached hydrogens (tertiary/aromatic N) is 1. The van der Waals surface area contributed by atoms with E-state index < -0.39 is 0 Å². The zero-order valence-corrected chi connectivity index (χ0v) is 13.7. The largest absolute Gasteiger partial charge is 0.483 e. The highest BCUT2D eigenvalue weighted by molar-refractivity contribution is 7.11. The van der Waals surface area contributed by atoms with Gasteiger partial charge in [-0.15, -0.1) is 11.3 Å². The van der Waals surface area contributed by atoms with E-state index in [0.29, 0.717) is 5.92 Å². The number of hydrogen-bond donors (Lipinski definition) is 1. The van der Waals surface area contributed by atoms with E-state index in [1.807, 2.05) is 19.2 Å². The second-order valence-electron chi connectivity index (χ2n) is 5.97. The molecule has 1 atom stereocenters. The highest BCUT2D eigenvalue weighted by Gasteiger charge is 2.27. The summed E-state index contributed by atoms with van der Waals surface area (Å²) in [6, 6.07) is 8.29. The summed E-state index contributed by atoms with van der Waals surface area (Å²) in [4.78, 5) is 6.24. The van der Waals surface area contributed by atoms with Crippen LogP contribution in [0.3, 0.4) is 0 Å². The molecule has 0 amide bonds. The lowest BCUT2D eigenvalue weighted by molar-refractivity contribution is 0.238. The summed E-state index contributed by atoms with van der Waals surface area (Å²) in [5, 5.41) is 4.37. The molecular formula is C17H22N2OS. The Morgan fingerprint density at radius 1 is 1.38 bits per heavy atom. The van der Waals surface area contributed by atoms with Gasteiger partial charge in [0.05, 0.1) is 5.69 Å². The van der Waals surface area contributed by atoms with Gasteiger partial charge in [-0.25, -0.2) is 4.98 Å². The normalized spacial score (nSPS) is 17.0. The second-order valence-corrected chi connectivity index (χ2v) is 7.08. The molecule has 0 radical (unpaired) electrons. The molecule has 0 bridgehead atoms. The van der Waals surface area contributed by atoms with Gasteiger partial charge in [0.1, 0.15) is 10.8 Å². The van der Waals surface area contributed by atoms with E-state index >= 15 is 0 Å². The fraction of sp³-hybridized carbons (Fsp3) is 0.471. The molecule has 3 nitrogen and oxygen atoms in total. The quantitative estimate of drug-likeness (QED) is 0.913. The zero-order chi connectivity index (χ0) is 14.8. The second kappa shape index (κ2) is 6.16. The van der Waals surface area contributed by atoms with Crippen LogP contribution in [-0.4, -0.2) is 12.0 Å². The van der Waals surface area contributed by atoms with Crippen LogP contribution in [0.25, 0.3) is 0 Å². The van der Waals surface area contributed by atoms with Gasteiger partial charge in [0, 0.05) is 17.8 Å². The Kier molecular flexibility index (Phi) is 4.27. The molecule has 0 aliphatic carbocycles. The lowest BCUT2D eigenvalue weighted by Gasteiger charge is -2.06. The maximum absolute atomic E-state index is 6.07. The van der Waals surface area contributed by atoms with Gasteiger partial charge in [-0.2, -0.15) is 0 Å². The Balaban J connectivity index is 1.83. The predicted molar refractivity (Wildman–Crippen MR) is 86.9 cm³/mol. The molecule has 1 aliphatic rings. The van der Waals surface area contributed by atoms with Gasteiger partial charge in [0.2, 0.25) is 0 Å². The van der Waals surface area contributed by atoms with Crippen LogP contribution in [0.4, 0.5) is 0 Å². The zero-order valence-electron chi connectivity index (χ0n) is 12.8. The highest BCUT2D eigenvalue weighted by atomic mass is 32.1. The molecule has 2 heterocycles.